The molecule has 0 amide bonds. The summed E-state index contributed by atoms with van der Waals surface area (Å²) in [6.07, 6.45) is -3.95. The summed E-state index contributed by atoms with van der Waals surface area (Å²) >= 11 is 0. The van der Waals surface area contributed by atoms with E-state index in [-0.39, 0.29) is 6.29 Å². The van der Waals surface area contributed by atoms with Gasteiger partial charge >= 0.3 is 0 Å². The highest BCUT2D eigenvalue weighted by atomic mass is 16.4. The molecule has 0 aliphatic heterocycles. The van der Waals surface area contributed by atoms with Crippen molar-refractivity contribution >= 4 is 6.29 Å². The molecule has 0 heterocycles. The Hall–Kier alpha value is -0.530. The highest BCUT2D eigenvalue weighted by Crippen LogP contribution is 2.03. The van der Waals surface area contributed by atoms with Gasteiger partial charge in [-0.05, 0) is 7.05 Å². The molecule has 0 aliphatic carbocycles. The first-order valence-electron chi connectivity index (χ1n) is 3.86. The maximum atomic E-state index is 10.2. The average Bonchev–Trinajstić information content (AvgIpc) is 2.17. The first kappa shape index (κ1) is 12.5. The topological polar surface area (TPSA) is 110 Å². The summed E-state index contributed by atoms with van der Waals surface area (Å²) in [5.74, 6) is 0. The third-order valence-electron chi connectivity index (χ3n) is 1.79. The molecule has 13 heavy (non-hydrogen) atoms. The second-order valence-corrected chi connectivity index (χ2v) is 2.68. The number of likely N-dealkylation sites (N-methyl/N-ethyl adjacent to an activating group) is 1. The Morgan fingerprint density at radius 3 is 2.23 bits per heavy atom. The van der Waals surface area contributed by atoms with Gasteiger partial charge in [0.15, 0.2) is 0 Å². The maximum Gasteiger partial charge on any atom is 0.150 e. The largest absolute Gasteiger partial charge is 0.394 e. The minimum Gasteiger partial charge on any atom is -0.394 e. The Morgan fingerprint density at radius 2 is 1.92 bits per heavy atom. The van der Waals surface area contributed by atoms with Gasteiger partial charge in [-0.25, -0.2) is 0 Å². The molecule has 0 aromatic rings. The zero-order chi connectivity index (χ0) is 10.4. The smallest absolute Gasteiger partial charge is 0.150 e. The Kier molecular flexibility index (Phi) is 5.76. The van der Waals surface area contributed by atoms with Crippen molar-refractivity contribution in [3.63, 3.8) is 0 Å². The number of nitrogens with one attached hydrogen (secondary N) is 1. The standard InChI is InChI=1S/C7H15NO5/c1-8-6(4(11)2-9)7(13)5(12)3-10/h2,4-8,10-13H,3H2,1H3/t4-,5+,6+,7+/m0/s1. The second-order valence-electron chi connectivity index (χ2n) is 2.68. The van der Waals surface area contributed by atoms with Crippen LogP contribution in [-0.2, 0) is 4.79 Å². The van der Waals surface area contributed by atoms with Gasteiger partial charge in [-0.2, -0.15) is 0 Å². The molecule has 0 aliphatic rings. The van der Waals surface area contributed by atoms with Crippen molar-refractivity contribution in [1.82, 2.24) is 5.32 Å². The molecule has 0 fully saturated rings. The van der Waals surface area contributed by atoms with Gasteiger partial charge in [0.05, 0.1) is 12.6 Å². The van der Waals surface area contributed by atoms with Crippen molar-refractivity contribution in [3.8, 4) is 0 Å². The first-order valence-corrected chi connectivity index (χ1v) is 3.86. The maximum absolute atomic E-state index is 10.2. The molecule has 0 rings (SSSR count). The highest BCUT2D eigenvalue weighted by Gasteiger charge is 2.30. The monoisotopic (exact) mass is 193 g/mol. The molecular weight excluding hydrogens is 178 g/mol. The van der Waals surface area contributed by atoms with Gasteiger partial charge in [0.25, 0.3) is 0 Å². The molecule has 0 radical (unpaired) electrons. The number of aliphatic hydroxyl groups is 4. The molecule has 0 unspecified atom stereocenters. The van der Waals surface area contributed by atoms with E-state index in [9.17, 15) is 9.90 Å². The number of aldehydes is 1. The fourth-order valence-corrected chi connectivity index (χ4v) is 0.976. The van der Waals surface area contributed by atoms with Crippen LogP contribution in [0.15, 0.2) is 0 Å². The fraction of sp³-hybridized carbons (Fsp3) is 0.857. The molecule has 0 bridgehead atoms. The summed E-state index contributed by atoms with van der Waals surface area (Å²) in [5.41, 5.74) is 0. The molecule has 6 nitrogen and oxygen atoms in total. The molecule has 4 atom stereocenters. The summed E-state index contributed by atoms with van der Waals surface area (Å²) < 4.78 is 0. The Balaban J connectivity index is 4.29. The van der Waals surface area contributed by atoms with E-state index in [0.29, 0.717) is 0 Å². The number of rotatable bonds is 6. The van der Waals surface area contributed by atoms with Crippen molar-refractivity contribution < 1.29 is 25.2 Å². The average molecular weight is 193 g/mol. The van der Waals surface area contributed by atoms with Crippen LogP contribution < -0.4 is 5.32 Å². The van der Waals surface area contributed by atoms with Crippen molar-refractivity contribution in [1.29, 1.82) is 0 Å². The van der Waals surface area contributed by atoms with Crippen LogP contribution in [0.2, 0.25) is 0 Å². The highest BCUT2D eigenvalue weighted by molar-refractivity contribution is 5.57. The molecule has 0 aromatic heterocycles. The van der Waals surface area contributed by atoms with E-state index in [4.69, 9.17) is 15.3 Å². The van der Waals surface area contributed by atoms with E-state index < -0.39 is 31.0 Å². The molecule has 5 N–H and O–H groups in total. The van der Waals surface area contributed by atoms with E-state index in [1.165, 1.54) is 7.05 Å². The van der Waals surface area contributed by atoms with Crippen molar-refractivity contribution in [3.05, 3.63) is 0 Å². The van der Waals surface area contributed by atoms with Crippen LogP contribution in [0.1, 0.15) is 0 Å². The molecule has 0 aromatic carbocycles. The summed E-state index contributed by atoms with van der Waals surface area (Å²) in [6, 6.07) is -0.986. The first-order chi connectivity index (χ1) is 6.08. The van der Waals surface area contributed by atoms with Crippen LogP contribution in [0.25, 0.3) is 0 Å². The van der Waals surface area contributed by atoms with E-state index in [0.717, 1.165) is 0 Å². The Morgan fingerprint density at radius 1 is 1.38 bits per heavy atom. The van der Waals surface area contributed by atoms with Crippen molar-refractivity contribution in [2.24, 2.45) is 0 Å². The van der Waals surface area contributed by atoms with Gasteiger partial charge in [-0.1, -0.05) is 0 Å². The van der Waals surface area contributed by atoms with E-state index >= 15 is 0 Å². The van der Waals surface area contributed by atoms with Crippen LogP contribution in [0.4, 0.5) is 0 Å². The van der Waals surface area contributed by atoms with Crippen LogP contribution in [0, 0.1) is 0 Å². The van der Waals surface area contributed by atoms with E-state index in [1.54, 1.807) is 0 Å². The van der Waals surface area contributed by atoms with E-state index in [2.05, 4.69) is 5.32 Å². The number of hydrogen-bond acceptors (Lipinski definition) is 6. The quantitative estimate of drug-likeness (QED) is 0.285. The van der Waals surface area contributed by atoms with Crippen LogP contribution in [0.5, 0.6) is 0 Å². The van der Waals surface area contributed by atoms with Gasteiger partial charge < -0.3 is 30.5 Å². The third kappa shape index (κ3) is 3.37. The third-order valence-corrected chi connectivity index (χ3v) is 1.79. The minimum absolute atomic E-state index is 0.245. The predicted octanol–water partition coefficient (Wildman–Crippen LogP) is -3.15. The lowest BCUT2D eigenvalue weighted by Crippen LogP contribution is -2.53. The number of carbonyl (C=O) groups excluding carboxylic acids is 1. The predicted molar refractivity (Wildman–Crippen MR) is 44.0 cm³/mol. The second kappa shape index (κ2) is 6.01. The van der Waals surface area contributed by atoms with Gasteiger partial charge in [-0.3, -0.25) is 0 Å². The van der Waals surface area contributed by atoms with Gasteiger partial charge in [0.1, 0.15) is 24.6 Å². The summed E-state index contributed by atoms with van der Waals surface area (Å²) in [4.78, 5) is 10.2. The molecule has 78 valence electrons. The molecule has 0 saturated carbocycles. The zero-order valence-corrected chi connectivity index (χ0v) is 7.29. The molecule has 0 saturated heterocycles. The molecular formula is C7H15NO5. The summed E-state index contributed by atoms with van der Waals surface area (Å²) in [6.45, 7) is -0.634. The van der Waals surface area contributed by atoms with Crippen LogP contribution >= 0.6 is 0 Å². The van der Waals surface area contributed by atoms with Crippen molar-refractivity contribution in [2.75, 3.05) is 13.7 Å². The van der Waals surface area contributed by atoms with Gasteiger partial charge in [0.2, 0.25) is 0 Å². The lowest BCUT2D eigenvalue weighted by molar-refractivity contribution is -0.120. The fourth-order valence-electron chi connectivity index (χ4n) is 0.976. The number of aliphatic hydroxyl groups excluding tert-OH is 4. The lowest BCUT2D eigenvalue weighted by atomic mass is 10.0. The Labute approximate surface area is 75.8 Å². The lowest BCUT2D eigenvalue weighted by Gasteiger charge is -2.26. The number of carbonyl (C=O) groups is 1. The zero-order valence-electron chi connectivity index (χ0n) is 7.29. The summed E-state index contributed by atoms with van der Waals surface area (Å²) in [7, 11) is 1.42. The molecule has 0 spiro atoms. The molecule has 6 heteroatoms. The number of hydrogen-bond donors (Lipinski definition) is 5. The van der Waals surface area contributed by atoms with E-state index in [1.807, 2.05) is 0 Å². The van der Waals surface area contributed by atoms with Gasteiger partial charge in [0, 0.05) is 0 Å². The van der Waals surface area contributed by atoms with Crippen LogP contribution in [0.3, 0.4) is 0 Å². The van der Waals surface area contributed by atoms with Crippen LogP contribution in [-0.4, -0.2) is 64.7 Å². The SMILES string of the molecule is CN[C@@H]([C@H](O)[C@H](O)CO)[C@@H](O)C=O. The normalized spacial score (nSPS) is 20.4. The summed E-state index contributed by atoms with van der Waals surface area (Å²) in [5, 5.41) is 38.3. The Bertz CT molecular complexity index is 154. The minimum atomic E-state index is -1.42. The van der Waals surface area contributed by atoms with Crippen molar-refractivity contribution in [2.45, 2.75) is 24.4 Å². The van der Waals surface area contributed by atoms with Gasteiger partial charge in [-0.15, -0.1) is 0 Å².